The van der Waals surface area contributed by atoms with Gasteiger partial charge in [-0.25, -0.2) is 18.4 Å². The SMILES string of the molecule is Nc1ccc(S(=O)(=O)Nc2nc3ccccc3nc2N2CCCCCC2)cc1. The molecule has 0 saturated carbocycles. The van der Waals surface area contributed by atoms with Crippen LogP contribution < -0.4 is 15.4 Å². The Morgan fingerprint density at radius 2 is 1.46 bits per heavy atom. The summed E-state index contributed by atoms with van der Waals surface area (Å²) in [5.74, 6) is 0.844. The lowest BCUT2D eigenvalue weighted by atomic mass is 10.2. The van der Waals surface area contributed by atoms with Gasteiger partial charge in [-0.1, -0.05) is 25.0 Å². The third-order valence-electron chi connectivity index (χ3n) is 4.88. The Hall–Kier alpha value is -2.87. The fraction of sp³-hybridized carbons (Fsp3) is 0.300. The van der Waals surface area contributed by atoms with Gasteiger partial charge >= 0.3 is 0 Å². The molecular weight excluding hydrogens is 374 g/mol. The minimum Gasteiger partial charge on any atom is -0.399 e. The van der Waals surface area contributed by atoms with Crippen LogP contribution in [0.5, 0.6) is 0 Å². The molecule has 4 rings (SSSR count). The molecule has 8 heteroatoms. The van der Waals surface area contributed by atoms with Gasteiger partial charge in [0.2, 0.25) is 0 Å². The van der Waals surface area contributed by atoms with Gasteiger partial charge in [0, 0.05) is 18.8 Å². The van der Waals surface area contributed by atoms with E-state index in [0.29, 0.717) is 17.0 Å². The maximum Gasteiger partial charge on any atom is 0.263 e. The van der Waals surface area contributed by atoms with Crippen molar-refractivity contribution in [1.29, 1.82) is 0 Å². The highest BCUT2D eigenvalue weighted by Gasteiger charge is 2.22. The molecular formula is C20H23N5O2S. The van der Waals surface area contributed by atoms with Gasteiger partial charge in [0.15, 0.2) is 11.6 Å². The maximum absolute atomic E-state index is 12.9. The number of fused-ring (bicyclic) bond motifs is 1. The van der Waals surface area contributed by atoms with Crippen LogP contribution in [0.2, 0.25) is 0 Å². The molecule has 0 aliphatic carbocycles. The molecule has 1 saturated heterocycles. The van der Waals surface area contributed by atoms with E-state index in [9.17, 15) is 8.42 Å². The zero-order valence-corrected chi connectivity index (χ0v) is 16.3. The fourth-order valence-corrected chi connectivity index (χ4v) is 4.40. The molecule has 1 aliphatic rings. The predicted octanol–water partition coefficient (Wildman–Crippen LogP) is 3.39. The summed E-state index contributed by atoms with van der Waals surface area (Å²) < 4.78 is 28.5. The Kier molecular flexibility index (Phi) is 5.04. The summed E-state index contributed by atoms with van der Waals surface area (Å²) in [7, 11) is -3.80. The Balaban J connectivity index is 1.77. The smallest absolute Gasteiger partial charge is 0.263 e. The maximum atomic E-state index is 12.9. The van der Waals surface area contributed by atoms with E-state index in [2.05, 4.69) is 14.6 Å². The standard InChI is InChI=1S/C20H23N5O2S/c21-15-9-11-16(12-10-15)28(26,27)24-19-20(25-13-5-1-2-6-14-25)23-18-8-4-3-7-17(18)22-19/h3-4,7-12H,1-2,5-6,13-14,21H2,(H,22,24). The molecule has 0 radical (unpaired) electrons. The molecule has 1 aliphatic heterocycles. The first-order valence-corrected chi connectivity index (χ1v) is 10.9. The molecule has 3 aromatic rings. The van der Waals surface area contributed by atoms with Crippen LogP contribution in [0.4, 0.5) is 17.3 Å². The predicted molar refractivity (Wildman–Crippen MR) is 112 cm³/mol. The largest absolute Gasteiger partial charge is 0.399 e. The number of sulfonamides is 1. The summed E-state index contributed by atoms with van der Waals surface area (Å²) in [5.41, 5.74) is 7.58. The number of para-hydroxylation sites is 2. The third-order valence-corrected chi connectivity index (χ3v) is 6.23. The van der Waals surface area contributed by atoms with Crippen LogP contribution in [0.1, 0.15) is 25.7 Å². The number of hydrogen-bond acceptors (Lipinski definition) is 6. The van der Waals surface area contributed by atoms with Crippen LogP contribution >= 0.6 is 0 Å². The highest BCUT2D eigenvalue weighted by Crippen LogP contribution is 2.29. The third kappa shape index (κ3) is 3.87. The van der Waals surface area contributed by atoms with Crippen LogP contribution in [0.15, 0.2) is 53.4 Å². The molecule has 3 N–H and O–H groups in total. The molecule has 28 heavy (non-hydrogen) atoms. The summed E-state index contributed by atoms with van der Waals surface area (Å²) >= 11 is 0. The number of nitrogen functional groups attached to an aromatic ring is 1. The molecule has 1 aromatic heterocycles. The Bertz CT molecular complexity index is 1080. The van der Waals surface area contributed by atoms with Gasteiger partial charge in [0.1, 0.15) is 0 Å². The van der Waals surface area contributed by atoms with E-state index < -0.39 is 10.0 Å². The highest BCUT2D eigenvalue weighted by atomic mass is 32.2. The van der Waals surface area contributed by atoms with E-state index in [4.69, 9.17) is 10.7 Å². The lowest BCUT2D eigenvalue weighted by Crippen LogP contribution is -2.27. The first kappa shape index (κ1) is 18.5. The monoisotopic (exact) mass is 397 g/mol. The van der Waals surface area contributed by atoms with Crippen LogP contribution in [0.25, 0.3) is 11.0 Å². The Labute approximate surface area is 164 Å². The van der Waals surface area contributed by atoms with Crippen molar-refractivity contribution in [3.05, 3.63) is 48.5 Å². The summed E-state index contributed by atoms with van der Waals surface area (Å²) in [5, 5.41) is 0. The lowest BCUT2D eigenvalue weighted by Gasteiger charge is -2.24. The van der Waals surface area contributed by atoms with Gasteiger partial charge in [-0.05, 0) is 49.2 Å². The summed E-state index contributed by atoms with van der Waals surface area (Å²) in [6.07, 6.45) is 4.45. The lowest BCUT2D eigenvalue weighted by molar-refractivity contribution is 0.601. The minimum absolute atomic E-state index is 0.137. The average Bonchev–Trinajstić information content (AvgIpc) is 2.97. The van der Waals surface area contributed by atoms with Crippen molar-refractivity contribution in [1.82, 2.24) is 9.97 Å². The van der Waals surface area contributed by atoms with Crippen LogP contribution in [0.3, 0.4) is 0 Å². The molecule has 0 bridgehead atoms. The molecule has 0 spiro atoms. The van der Waals surface area contributed by atoms with E-state index in [-0.39, 0.29) is 10.7 Å². The molecule has 146 valence electrons. The second-order valence-electron chi connectivity index (χ2n) is 6.96. The summed E-state index contributed by atoms with van der Waals surface area (Å²) in [6.45, 7) is 1.67. The average molecular weight is 398 g/mol. The fourth-order valence-electron chi connectivity index (χ4n) is 3.40. The number of nitrogens with two attached hydrogens (primary N) is 1. The Morgan fingerprint density at radius 3 is 2.11 bits per heavy atom. The van der Waals surface area contributed by atoms with Crippen LogP contribution in [-0.2, 0) is 10.0 Å². The van der Waals surface area contributed by atoms with Gasteiger partial charge in [0.25, 0.3) is 10.0 Å². The van der Waals surface area contributed by atoms with E-state index in [1.807, 2.05) is 24.3 Å². The van der Waals surface area contributed by atoms with Gasteiger partial charge < -0.3 is 10.6 Å². The van der Waals surface area contributed by atoms with Gasteiger partial charge in [-0.15, -0.1) is 0 Å². The van der Waals surface area contributed by atoms with Crippen molar-refractivity contribution < 1.29 is 8.42 Å². The summed E-state index contributed by atoms with van der Waals surface area (Å²) in [6, 6.07) is 13.6. The highest BCUT2D eigenvalue weighted by molar-refractivity contribution is 7.92. The second kappa shape index (κ2) is 7.63. The first-order chi connectivity index (χ1) is 13.5. The first-order valence-electron chi connectivity index (χ1n) is 9.43. The summed E-state index contributed by atoms with van der Waals surface area (Å²) in [4.78, 5) is 11.6. The quantitative estimate of drug-likeness (QED) is 0.655. The normalized spacial score (nSPS) is 15.4. The number of anilines is 3. The van der Waals surface area contributed by atoms with Crippen molar-refractivity contribution in [2.45, 2.75) is 30.6 Å². The van der Waals surface area contributed by atoms with E-state index >= 15 is 0 Å². The van der Waals surface area contributed by atoms with Gasteiger partial charge in [0.05, 0.1) is 15.9 Å². The molecule has 1 fully saturated rings. The molecule has 0 atom stereocenters. The van der Waals surface area contributed by atoms with Crippen molar-refractivity contribution >= 4 is 38.4 Å². The number of rotatable bonds is 4. The molecule has 2 heterocycles. The minimum atomic E-state index is -3.80. The topological polar surface area (TPSA) is 101 Å². The molecule has 7 nitrogen and oxygen atoms in total. The van der Waals surface area contributed by atoms with Crippen molar-refractivity contribution in [3.8, 4) is 0 Å². The number of hydrogen-bond donors (Lipinski definition) is 2. The van der Waals surface area contributed by atoms with Crippen LogP contribution in [0, 0.1) is 0 Å². The molecule has 0 amide bonds. The second-order valence-corrected chi connectivity index (χ2v) is 8.64. The number of aromatic nitrogens is 2. The van der Waals surface area contributed by atoms with Crippen molar-refractivity contribution in [2.75, 3.05) is 28.4 Å². The van der Waals surface area contributed by atoms with Gasteiger partial charge in [-0.2, -0.15) is 0 Å². The van der Waals surface area contributed by atoms with Crippen molar-refractivity contribution in [2.24, 2.45) is 0 Å². The Morgan fingerprint density at radius 1 is 0.857 bits per heavy atom. The molecule has 2 aromatic carbocycles. The zero-order chi connectivity index (χ0) is 19.6. The van der Waals surface area contributed by atoms with E-state index in [1.54, 1.807) is 12.1 Å². The molecule has 0 unspecified atom stereocenters. The number of nitrogens with zero attached hydrogens (tertiary/aromatic N) is 3. The zero-order valence-electron chi connectivity index (χ0n) is 15.5. The number of benzene rings is 2. The van der Waals surface area contributed by atoms with Crippen molar-refractivity contribution in [3.63, 3.8) is 0 Å². The van der Waals surface area contributed by atoms with E-state index in [0.717, 1.165) is 31.4 Å². The van der Waals surface area contributed by atoms with Crippen LogP contribution in [-0.4, -0.2) is 31.5 Å². The number of nitrogens with one attached hydrogen (secondary N) is 1. The van der Waals surface area contributed by atoms with Gasteiger partial charge in [-0.3, -0.25) is 4.72 Å². The van der Waals surface area contributed by atoms with E-state index in [1.165, 1.54) is 25.0 Å².